The van der Waals surface area contributed by atoms with E-state index in [1.807, 2.05) is 6.07 Å². The molecule has 0 spiro atoms. The zero-order chi connectivity index (χ0) is 19.2. The number of phenolic OH excluding ortho intramolecular Hbond substituents is 1. The van der Waals surface area contributed by atoms with Crippen molar-refractivity contribution in [3.05, 3.63) is 88.7 Å². The maximum absolute atomic E-state index is 12.2. The van der Waals surface area contributed by atoms with E-state index in [4.69, 9.17) is 11.6 Å². The molecule has 0 aliphatic rings. The van der Waals surface area contributed by atoms with Gasteiger partial charge < -0.3 is 15.7 Å². The van der Waals surface area contributed by atoms with Crippen LogP contribution in [0, 0.1) is 0 Å². The van der Waals surface area contributed by atoms with E-state index in [2.05, 4.69) is 15.6 Å². The Morgan fingerprint density at radius 3 is 2.56 bits per heavy atom. The van der Waals surface area contributed by atoms with E-state index in [0.717, 1.165) is 5.56 Å². The third-order valence-electron chi connectivity index (χ3n) is 3.78. The lowest BCUT2D eigenvalue weighted by Gasteiger charge is -2.10. The van der Waals surface area contributed by atoms with Gasteiger partial charge in [-0.15, -0.1) is 0 Å². The molecule has 136 valence electrons. The first kappa shape index (κ1) is 18.4. The van der Waals surface area contributed by atoms with Gasteiger partial charge in [-0.3, -0.25) is 14.6 Å². The van der Waals surface area contributed by atoms with Gasteiger partial charge in [-0.1, -0.05) is 23.7 Å². The van der Waals surface area contributed by atoms with Crippen molar-refractivity contribution < 1.29 is 14.7 Å². The quantitative estimate of drug-likeness (QED) is 0.629. The maximum atomic E-state index is 12.2. The maximum Gasteiger partial charge on any atom is 0.255 e. The van der Waals surface area contributed by atoms with Crippen LogP contribution in [-0.4, -0.2) is 21.9 Å². The van der Waals surface area contributed by atoms with Gasteiger partial charge in [0, 0.05) is 35.2 Å². The minimum atomic E-state index is -0.443. The molecule has 0 unspecified atom stereocenters. The van der Waals surface area contributed by atoms with Gasteiger partial charge in [0.1, 0.15) is 5.75 Å². The summed E-state index contributed by atoms with van der Waals surface area (Å²) in [4.78, 5) is 28.3. The largest absolute Gasteiger partial charge is 0.507 e. The van der Waals surface area contributed by atoms with Gasteiger partial charge in [0.05, 0.1) is 5.56 Å². The fraction of sp³-hybridized carbons (Fsp3) is 0.0500. The molecule has 0 saturated heterocycles. The SMILES string of the molecule is O=C(Nc1cccc(CNC(=O)c2cc(Cl)ccc2O)c1)c1ccncc1. The topological polar surface area (TPSA) is 91.3 Å². The Hall–Kier alpha value is -3.38. The van der Waals surface area contributed by atoms with Crippen molar-refractivity contribution in [1.82, 2.24) is 10.3 Å². The van der Waals surface area contributed by atoms with E-state index in [1.165, 1.54) is 18.2 Å². The molecule has 3 rings (SSSR count). The van der Waals surface area contributed by atoms with E-state index in [-0.39, 0.29) is 23.8 Å². The molecule has 7 heteroatoms. The van der Waals surface area contributed by atoms with E-state index in [0.29, 0.717) is 16.3 Å². The number of carbonyl (C=O) groups excluding carboxylic acids is 2. The Balaban J connectivity index is 1.65. The number of benzene rings is 2. The summed E-state index contributed by atoms with van der Waals surface area (Å²) in [6.45, 7) is 0.226. The molecule has 1 heterocycles. The first-order valence-electron chi connectivity index (χ1n) is 8.10. The van der Waals surface area contributed by atoms with E-state index in [1.54, 1.807) is 42.7 Å². The summed E-state index contributed by atoms with van der Waals surface area (Å²) >= 11 is 5.86. The van der Waals surface area contributed by atoms with Crippen molar-refractivity contribution in [2.75, 3.05) is 5.32 Å². The average Bonchev–Trinajstić information content (AvgIpc) is 2.69. The van der Waals surface area contributed by atoms with Crippen molar-refractivity contribution in [3.63, 3.8) is 0 Å². The van der Waals surface area contributed by atoms with Gasteiger partial charge in [0.25, 0.3) is 11.8 Å². The van der Waals surface area contributed by atoms with Crippen molar-refractivity contribution in [3.8, 4) is 5.75 Å². The normalized spacial score (nSPS) is 10.3. The predicted octanol–water partition coefficient (Wildman–Crippen LogP) is 3.62. The lowest BCUT2D eigenvalue weighted by atomic mass is 10.1. The summed E-state index contributed by atoms with van der Waals surface area (Å²) in [5, 5.41) is 15.7. The second-order valence-electron chi connectivity index (χ2n) is 5.73. The number of anilines is 1. The number of phenols is 1. The molecule has 2 amide bonds. The van der Waals surface area contributed by atoms with Crippen LogP contribution in [0.2, 0.25) is 5.02 Å². The number of hydrogen-bond donors (Lipinski definition) is 3. The van der Waals surface area contributed by atoms with Crippen LogP contribution >= 0.6 is 11.6 Å². The van der Waals surface area contributed by atoms with Gasteiger partial charge in [0.2, 0.25) is 0 Å². The highest BCUT2D eigenvalue weighted by atomic mass is 35.5. The zero-order valence-corrected chi connectivity index (χ0v) is 14.9. The lowest BCUT2D eigenvalue weighted by Crippen LogP contribution is -2.23. The third kappa shape index (κ3) is 4.83. The highest BCUT2D eigenvalue weighted by Gasteiger charge is 2.12. The number of aromatic nitrogens is 1. The molecule has 0 aliphatic carbocycles. The second-order valence-corrected chi connectivity index (χ2v) is 6.17. The highest BCUT2D eigenvalue weighted by Crippen LogP contribution is 2.21. The van der Waals surface area contributed by atoms with Gasteiger partial charge >= 0.3 is 0 Å². The number of halogens is 1. The van der Waals surface area contributed by atoms with E-state index in [9.17, 15) is 14.7 Å². The molecule has 0 bridgehead atoms. The molecular weight excluding hydrogens is 366 g/mol. The predicted molar refractivity (Wildman–Crippen MR) is 103 cm³/mol. The monoisotopic (exact) mass is 381 g/mol. The molecule has 0 fully saturated rings. The Morgan fingerprint density at radius 1 is 1.00 bits per heavy atom. The fourth-order valence-electron chi connectivity index (χ4n) is 2.43. The summed E-state index contributed by atoms with van der Waals surface area (Å²) < 4.78 is 0. The third-order valence-corrected chi connectivity index (χ3v) is 4.02. The summed E-state index contributed by atoms with van der Waals surface area (Å²) in [5.41, 5.74) is 2.00. The molecule has 27 heavy (non-hydrogen) atoms. The number of aromatic hydroxyl groups is 1. The van der Waals surface area contributed by atoms with Gasteiger partial charge in [-0.2, -0.15) is 0 Å². The summed E-state index contributed by atoms with van der Waals surface area (Å²) in [6, 6.07) is 14.6. The van der Waals surface area contributed by atoms with Crippen molar-refractivity contribution in [2.24, 2.45) is 0 Å². The molecule has 0 aliphatic heterocycles. The Kier molecular flexibility index (Phi) is 5.68. The molecule has 0 radical (unpaired) electrons. The van der Waals surface area contributed by atoms with Crippen molar-refractivity contribution in [2.45, 2.75) is 6.54 Å². The average molecular weight is 382 g/mol. The molecule has 6 nitrogen and oxygen atoms in total. The van der Waals surface area contributed by atoms with Crippen LogP contribution < -0.4 is 10.6 Å². The summed E-state index contributed by atoms with van der Waals surface area (Å²) in [5.74, 6) is -0.834. The van der Waals surface area contributed by atoms with Crippen LogP contribution in [0.3, 0.4) is 0 Å². The highest BCUT2D eigenvalue weighted by molar-refractivity contribution is 6.31. The molecule has 2 aromatic carbocycles. The van der Waals surface area contributed by atoms with Crippen molar-refractivity contribution in [1.29, 1.82) is 0 Å². The van der Waals surface area contributed by atoms with E-state index < -0.39 is 5.91 Å². The number of amides is 2. The van der Waals surface area contributed by atoms with Crippen LogP contribution in [0.15, 0.2) is 67.0 Å². The number of pyridine rings is 1. The smallest absolute Gasteiger partial charge is 0.255 e. The van der Waals surface area contributed by atoms with Gasteiger partial charge in [-0.05, 0) is 48.0 Å². The van der Waals surface area contributed by atoms with Crippen LogP contribution in [0.1, 0.15) is 26.3 Å². The van der Waals surface area contributed by atoms with Gasteiger partial charge in [-0.25, -0.2) is 0 Å². The van der Waals surface area contributed by atoms with Gasteiger partial charge in [0.15, 0.2) is 0 Å². The minimum Gasteiger partial charge on any atom is -0.507 e. The first-order chi connectivity index (χ1) is 13.0. The van der Waals surface area contributed by atoms with Crippen molar-refractivity contribution >= 4 is 29.1 Å². The Morgan fingerprint density at radius 2 is 1.78 bits per heavy atom. The second kappa shape index (κ2) is 8.33. The molecule has 0 saturated carbocycles. The molecular formula is C20H16ClN3O3. The van der Waals surface area contributed by atoms with E-state index >= 15 is 0 Å². The zero-order valence-electron chi connectivity index (χ0n) is 14.1. The number of hydrogen-bond acceptors (Lipinski definition) is 4. The number of nitrogens with one attached hydrogen (secondary N) is 2. The lowest BCUT2D eigenvalue weighted by molar-refractivity contribution is 0.0947. The molecule has 3 N–H and O–H groups in total. The summed E-state index contributed by atoms with van der Waals surface area (Å²) in [6.07, 6.45) is 3.10. The minimum absolute atomic E-state index is 0.102. The number of carbonyl (C=O) groups is 2. The summed E-state index contributed by atoms with van der Waals surface area (Å²) in [7, 11) is 0. The molecule has 1 aromatic heterocycles. The standard InChI is InChI=1S/C20H16ClN3O3/c21-15-4-5-18(25)17(11-15)20(27)23-12-13-2-1-3-16(10-13)24-19(26)14-6-8-22-9-7-14/h1-11,25H,12H2,(H,23,27)(H,24,26). The van der Waals surface area contributed by atoms with Crippen LogP contribution in [0.4, 0.5) is 5.69 Å². The fourth-order valence-corrected chi connectivity index (χ4v) is 2.61. The molecule has 3 aromatic rings. The number of rotatable bonds is 5. The number of nitrogens with zero attached hydrogens (tertiary/aromatic N) is 1. The Bertz CT molecular complexity index is 977. The van der Waals surface area contributed by atoms with Crippen LogP contribution in [0.5, 0.6) is 5.75 Å². The first-order valence-corrected chi connectivity index (χ1v) is 8.48. The van der Waals surface area contributed by atoms with Crippen LogP contribution in [-0.2, 0) is 6.54 Å². The molecule has 0 atom stereocenters. The Labute approximate surface area is 160 Å². The van der Waals surface area contributed by atoms with Crippen LogP contribution in [0.25, 0.3) is 0 Å².